The van der Waals surface area contributed by atoms with Crippen LogP contribution in [0.1, 0.15) is 20.3 Å². The minimum atomic E-state index is -3.63. The Labute approximate surface area is 92.4 Å². The Kier molecular flexibility index (Phi) is 4.87. The standard InChI is InChI=1S/C6H12Cl3GeNO2/c1-3-6(2,10(7,8)9)4(11)5(12)13/h4H,3,11H2,1-2H3,(H,12,13). The van der Waals surface area contributed by atoms with Crippen LogP contribution in [0.15, 0.2) is 0 Å². The third-order valence-corrected chi connectivity index (χ3v) is 13.2. The van der Waals surface area contributed by atoms with Crippen molar-refractivity contribution in [1.82, 2.24) is 0 Å². The zero-order valence-corrected chi connectivity index (χ0v) is 11.7. The monoisotopic (exact) mass is 309 g/mol. The Balaban J connectivity index is 4.95. The second-order valence-electron chi connectivity index (χ2n) is 3.08. The second kappa shape index (κ2) is 4.57. The van der Waals surface area contributed by atoms with E-state index in [-0.39, 0.29) is 0 Å². The normalized spacial score (nSPS) is 19.2. The Hall–Kier alpha value is 0.843. The van der Waals surface area contributed by atoms with Crippen LogP contribution >= 0.6 is 30.0 Å². The van der Waals surface area contributed by atoms with E-state index in [1.165, 1.54) is 0 Å². The van der Waals surface area contributed by atoms with Crippen molar-refractivity contribution in [2.45, 2.75) is 30.6 Å². The van der Waals surface area contributed by atoms with Gasteiger partial charge in [0.2, 0.25) is 0 Å². The predicted octanol–water partition coefficient (Wildman–Crippen LogP) is 2.22. The van der Waals surface area contributed by atoms with E-state index in [1.807, 2.05) is 0 Å². The van der Waals surface area contributed by atoms with Crippen molar-refractivity contribution in [3.05, 3.63) is 0 Å². The molecule has 0 heterocycles. The summed E-state index contributed by atoms with van der Waals surface area (Å²) < 4.78 is -0.878. The van der Waals surface area contributed by atoms with E-state index in [4.69, 9.17) is 40.9 Å². The number of carboxylic acid groups (broad SMARTS) is 1. The summed E-state index contributed by atoms with van der Waals surface area (Å²) in [5.41, 5.74) is 5.49. The van der Waals surface area contributed by atoms with Gasteiger partial charge in [0.25, 0.3) is 0 Å². The van der Waals surface area contributed by atoms with Gasteiger partial charge in [-0.3, -0.25) is 0 Å². The molecule has 0 aromatic carbocycles. The van der Waals surface area contributed by atoms with Crippen molar-refractivity contribution in [3.63, 3.8) is 0 Å². The summed E-state index contributed by atoms with van der Waals surface area (Å²) in [6, 6.07) is -1.11. The fraction of sp³-hybridized carbons (Fsp3) is 0.833. The number of carboxylic acids is 1. The average molecular weight is 309 g/mol. The zero-order chi connectivity index (χ0) is 10.9. The van der Waals surface area contributed by atoms with Gasteiger partial charge in [-0.1, -0.05) is 0 Å². The van der Waals surface area contributed by atoms with Crippen LogP contribution in [0.2, 0.25) is 4.25 Å². The van der Waals surface area contributed by atoms with Crippen LogP contribution in [-0.4, -0.2) is 27.6 Å². The van der Waals surface area contributed by atoms with Crippen molar-refractivity contribution >= 4 is 46.5 Å². The molecule has 0 saturated heterocycles. The molecular weight excluding hydrogens is 297 g/mol. The van der Waals surface area contributed by atoms with E-state index in [2.05, 4.69) is 0 Å². The molecule has 0 aromatic heterocycles. The van der Waals surface area contributed by atoms with Crippen LogP contribution in [0.3, 0.4) is 0 Å². The number of rotatable bonds is 4. The quantitative estimate of drug-likeness (QED) is 0.783. The number of aliphatic carboxylic acids is 1. The van der Waals surface area contributed by atoms with Gasteiger partial charge in [-0.15, -0.1) is 0 Å². The topological polar surface area (TPSA) is 63.3 Å². The summed E-state index contributed by atoms with van der Waals surface area (Å²) >= 11 is 0. The van der Waals surface area contributed by atoms with Gasteiger partial charge in [0.15, 0.2) is 0 Å². The van der Waals surface area contributed by atoms with E-state index < -0.39 is 26.7 Å². The van der Waals surface area contributed by atoms with Crippen LogP contribution in [0.4, 0.5) is 0 Å². The van der Waals surface area contributed by atoms with Crippen LogP contribution in [0.5, 0.6) is 0 Å². The summed E-state index contributed by atoms with van der Waals surface area (Å²) in [7, 11) is 13.9. The third kappa shape index (κ3) is 2.89. The van der Waals surface area contributed by atoms with Crippen LogP contribution in [-0.2, 0) is 4.79 Å². The van der Waals surface area contributed by atoms with Crippen LogP contribution in [0.25, 0.3) is 0 Å². The van der Waals surface area contributed by atoms with Crippen molar-refractivity contribution < 1.29 is 9.90 Å². The van der Waals surface area contributed by atoms with Crippen molar-refractivity contribution in [1.29, 1.82) is 0 Å². The SMILES string of the molecule is CC[C](C)(C(N)C(=O)O)[Ge]([Cl])([Cl])[Cl]. The first-order valence-corrected chi connectivity index (χ1v) is 13.0. The van der Waals surface area contributed by atoms with Crippen LogP contribution < -0.4 is 5.73 Å². The molecule has 78 valence electrons. The average Bonchev–Trinajstić information content (AvgIpc) is 1.99. The number of nitrogens with two attached hydrogens (primary N) is 1. The van der Waals surface area contributed by atoms with E-state index in [0.717, 1.165) is 0 Å². The summed E-state index contributed by atoms with van der Waals surface area (Å²) in [6.07, 6.45) is 0.455. The molecule has 0 aliphatic carbocycles. The molecule has 3 nitrogen and oxygen atoms in total. The van der Waals surface area contributed by atoms with Crippen molar-refractivity contribution in [3.8, 4) is 0 Å². The zero-order valence-electron chi connectivity index (χ0n) is 7.35. The van der Waals surface area contributed by atoms with Gasteiger partial charge in [-0.2, -0.15) is 0 Å². The fourth-order valence-electron chi connectivity index (χ4n) is 0.869. The summed E-state index contributed by atoms with van der Waals surface area (Å²) in [4.78, 5) is 10.7. The fourth-order valence-corrected chi connectivity index (χ4v) is 6.62. The van der Waals surface area contributed by atoms with Gasteiger partial charge in [-0.05, 0) is 0 Å². The molecule has 0 fully saturated rings. The molecule has 0 radical (unpaired) electrons. The molecule has 0 aliphatic rings. The van der Waals surface area contributed by atoms with Gasteiger partial charge in [0, 0.05) is 0 Å². The van der Waals surface area contributed by atoms with Gasteiger partial charge >= 0.3 is 92.7 Å². The first-order chi connectivity index (χ1) is 5.66. The summed E-state index contributed by atoms with van der Waals surface area (Å²) in [6.45, 7) is 3.40. The van der Waals surface area contributed by atoms with Gasteiger partial charge in [0.1, 0.15) is 0 Å². The molecule has 3 N–H and O–H groups in total. The first kappa shape index (κ1) is 13.8. The number of halogens is 3. The second-order valence-corrected chi connectivity index (χ2v) is 19.4. The van der Waals surface area contributed by atoms with Gasteiger partial charge in [0.05, 0.1) is 0 Å². The Morgan fingerprint density at radius 1 is 1.62 bits per heavy atom. The number of hydrogen-bond donors (Lipinski definition) is 2. The summed E-state index contributed by atoms with van der Waals surface area (Å²) in [5, 5.41) is 8.74. The minimum absolute atomic E-state index is 0.455. The molecule has 2 unspecified atom stereocenters. The van der Waals surface area contributed by atoms with E-state index in [0.29, 0.717) is 6.42 Å². The molecule has 0 saturated carbocycles. The Bertz CT molecular complexity index is 209. The molecular formula is C6H12Cl3GeNO2. The van der Waals surface area contributed by atoms with Gasteiger partial charge in [-0.25, -0.2) is 0 Å². The molecule has 7 heteroatoms. The maximum atomic E-state index is 10.7. The third-order valence-electron chi connectivity index (χ3n) is 2.33. The molecule has 0 spiro atoms. The van der Waals surface area contributed by atoms with Crippen molar-refractivity contribution in [2.24, 2.45) is 5.73 Å². The Morgan fingerprint density at radius 2 is 2.00 bits per heavy atom. The molecule has 0 bridgehead atoms. The molecule has 2 atom stereocenters. The molecule has 0 rings (SSSR count). The predicted molar refractivity (Wildman–Crippen MR) is 57.6 cm³/mol. The molecule has 13 heavy (non-hydrogen) atoms. The Morgan fingerprint density at radius 3 is 2.08 bits per heavy atom. The van der Waals surface area contributed by atoms with E-state index in [9.17, 15) is 4.79 Å². The number of carbonyl (C=O) groups is 1. The van der Waals surface area contributed by atoms with Crippen LogP contribution in [0, 0.1) is 0 Å². The molecule has 0 amide bonds. The van der Waals surface area contributed by atoms with Gasteiger partial charge < -0.3 is 0 Å². The molecule has 0 aliphatic heterocycles. The number of hydrogen-bond acceptors (Lipinski definition) is 2. The van der Waals surface area contributed by atoms with E-state index >= 15 is 0 Å². The molecule has 0 aromatic rings. The van der Waals surface area contributed by atoms with E-state index in [1.54, 1.807) is 13.8 Å². The summed E-state index contributed by atoms with van der Waals surface area (Å²) in [5.74, 6) is -1.12. The first-order valence-electron chi connectivity index (χ1n) is 3.72. The van der Waals surface area contributed by atoms with Crippen molar-refractivity contribution in [2.75, 3.05) is 0 Å². The maximum absolute atomic E-state index is 10.7.